The Bertz CT molecular complexity index is 593. The molecule has 0 saturated carbocycles. The first-order valence-corrected chi connectivity index (χ1v) is 7.80. The summed E-state index contributed by atoms with van der Waals surface area (Å²) >= 11 is 0. The van der Waals surface area contributed by atoms with Gasteiger partial charge in [0.05, 0.1) is 0 Å². The highest BCUT2D eigenvalue weighted by atomic mass is 16.5. The molecule has 110 valence electrons. The Hall–Kier alpha value is -1.87. The molecule has 3 rings (SSSR count). The minimum absolute atomic E-state index is 0.658. The molecule has 1 aromatic carbocycles. The summed E-state index contributed by atoms with van der Waals surface area (Å²) in [6.45, 7) is 3.91. The highest BCUT2D eigenvalue weighted by molar-refractivity contribution is 5.38. The van der Waals surface area contributed by atoms with Crippen molar-refractivity contribution in [3.8, 4) is 11.6 Å². The van der Waals surface area contributed by atoms with Crippen molar-refractivity contribution in [2.24, 2.45) is 0 Å². The molecule has 1 aromatic heterocycles. The predicted molar refractivity (Wildman–Crippen MR) is 84.8 cm³/mol. The van der Waals surface area contributed by atoms with Crippen LogP contribution in [-0.4, -0.2) is 11.5 Å². The van der Waals surface area contributed by atoms with Gasteiger partial charge < -0.3 is 10.1 Å². The number of hydrogen-bond donors (Lipinski definition) is 1. The molecule has 0 amide bonds. The van der Waals surface area contributed by atoms with Crippen LogP contribution < -0.4 is 10.1 Å². The lowest BCUT2D eigenvalue weighted by Gasteiger charge is -2.16. The van der Waals surface area contributed by atoms with Crippen molar-refractivity contribution in [3.63, 3.8) is 0 Å². The van der Waals surface area contributed by atoms with E-state index in [0.29, 0.717) is 5.88 Å². The van der Waals surface area contributed by atoms with Crippen LogP contribution in [0.2, 0.25) is 0 Å². The van der Waals surface area contributed by atoms with E-state index in [1.54, 1.807) is 0 Å². The van der Waals surface area contributed by atoms with E-state index in [4.69, 9.17) is 4.74 Å². The molecule has 1 N–H and O–H groups in total. The van der Waals surface area contributed by atoms with Crippen LogP contribution in [0.4, 0.5) is 0 Å². The molecule has 1 aliphatic carbocycles. The van der Waals surface area contributed by atoms with Crippen LogP contribution in [0.25, 0.3) is 0 Å². The van der Waals surface area contributed by atoms with Crippen molar-refractivity contribution in [2.45, 2.75) is 39.2 Å². The van der Waals surface area contributed by atoms with E-state index < -0.39 is 0 Å². The third kappa shape index (κ3) is 3.61. The standard InChI is InChI=1S/C18H22N2O/c1-2-19-12-14-7-10-18(20-13-14)21-17-9-8-15-5-3-4-6-16(15)11-17/h7-11,13,19H,2-6,12H2,1H3. The van der Waals surface area contributed by atoms with Gasteiger partial charge in [-0.1, -0.05) is 19.1 Å². The van der Waals surface area contributed by atoms with E-state index >= 15 is 0 Å². The Morgan fingerprint density at radius 1 is 1.10 bits per heavy atom. The molecule has 0 fully saturated rings. The number of pyridine rings is 1. The topological polar surface area (TPSA) is 34.1 Å². The van der Waals surface area contributed by atoms with Crippen molar-refractivity contribution in [1.82, 2.24) is 10.3 Å². The largest absolute Gasteiger partial charge is 0.439 e. The Morgan fingerprint density at radius 3 is 2.71 bits per heavy atom. The molecule has 3 heteroatoms. The van der Waals surface area contributed by atoms with Crippen LogP contribution in [0.1, 0.15) is 36.5 Å². The summed E-state index contributed by atoms with van der Waals surface area (Å²) in [5.74, 6) is 1.55. The van der Waals surface area contributed by atoms with E-state index in [0.717, 1.165) is 18.8 Å². The van der Waals surface area contributed by atoms with Gasteiger partial charge in [-0.2, -0.15) is 0 Å². The van der Waals surface area contributed by atoms with Gasteiger partial charge in [-0.05, 0) is 61.1 Å². The van der Waals surface area contributed by atoms with Gasteiger partial charge in [-0.15, -0.1) is 0 Å². The van der Waals surface area contributed by atoms with E-state index in [1.807, 2.05) is 12.3 Å². The van der Waals surface area contributed by atoms with Crippen LogP contribution in [0.5, 0.6) is 11.6 Å². The fraction of sp³-hybridized carbons (Fsp3) is 0.389. The Labute approximate surface area is 126 Å². The second kappa shape index (κ2) is 6.72. The van der Waals surface area contributed by atoms with Crippen LogP contribution >= 0.6 is 0 Å². The minimum atomic E-state index is 0.658. The number of ether oxygens (including phenoxy) is 1. The highest BCUT2D eigenvalue weighted by Gasteiger charge is 2.10. The molecule has 3 nitrogen and oxygen atoms in total. The maximum Gasteiger partial charge on any atom is 0.219 e. The molecular weight excluding hydrogens is 260 g/mol. The summed E-state index contributed by atoms with van der Waals surface area (Å²) in [6, 6.07) is 10.4. The fourth-order valence-electron chi connectivity index (χ4n) is 2.74. The summed E-state index contributed by atoms with van der Waals surface area (Å²) in [6.07, 6.45) is 6.83. The number of hydrogen-bond acceptors (Lipinski definition) is 3. The van der Waals surface area contributed by atoms with Gasteiger partial charge in [0, 0.05) is 18.8 Å². The number of rotatable bonds is 5. The number of benzene rings is 1. The smallest absolute Gasteiger partial charge is 0.219 e. The van der Waals surface area contributed by atoms with Gasteiger partial charge in [-0.3, -0.25) is 0 Å². The number of nitrogens with zero attached hydrogens (tertiary/aromatic N) is 1. The average Bonchev–Trinajstić information content (AvgIpc) is 2.54. The van der Waals surface area contributed by atoms with Gasteiger partial charge in [-0.25, -0.2) is 4.98 Å². The molecule has 0 spiro atoms. The van der Waals surface area contributed by atoms with Crippen molar-refractivity contribution in [3.05, 3.63) is 53.2 Å². The van der Waals surface area contributed by atoms with Crippen molar-refractivity contribution in [2.75, 3.05) is 6.54 Å². The van der Waals surface area contributed by atoms with Crippen molar-refractivity contribution >= 4 is 0 Å². The SMILES string of the molecule is CCNCc1ccc(Oc2ccc3c(c2)CCCC3)nc1. The second-order valence-corrected chi connectivity index (χ2v) is 5.52. The van der Waals surface area contributed by atoms with E-state index in [-0.39, 0.29) is 0 Å². The number of nitrogens with one attached hydrogen (secondary N) is 1. The van der Waals surface area contributed by atoms with Gasteiger partial charge in [0.1, 0.15) is 5.75 Å². The lowest BCUT2D eigenvalue weighted by atomic mass is 9.92. The molecule has 0 saturated heterocycles. The third-order valence-corrected chi connectivity index (χ3v) is 3.92. The van der Waals surface area contributed by atoms with E-state index in [9.17, 15) is 0 Å². The highest BCUT2D eigenvalue weighted by Crippen LogP contribution is 2.27. The zero-order valence-corrected chi connectivity index (χ0v) is 12.6. The summed E-state index contributed by atoms with van der Waals surface area (Å²) in [5, 5.41) is 3.29. The number of aryl methyl sites for hydroxylation is 2. The number of aromatic nitrogens is 1. The Morgan fingerprint density at radius 2 is 1.95 bits per heavy atom. The first-order chi connectivity index (χ1) is 10.3. The molecule has 0 unspecified atom stereocenters. The summed E-state index contributed by atoms with van der Waals surface area (Å²) in [5.41, 5.74) is 4.08. The summed E-state index contributed by atoms with van der Waals surface area (Å²) in [7, 11) is 0. The molecule has 0 aliphatic heterocycles. The van der Waals surface area contributed by atoms with Crippen LogP contribution in [0.3, 0.4) is 0 Å². The molecule has 0 atom stereocenters. The van der Waals surface area contributed by atoms with Gasteiger partial charge in [0.15, 0.2) is 0 Å². The lowest BCUT2D eigenvalue weighted by Crippen LogP contribution is -2.11. The maximum atomic E-state index is 5.87. The second-order valence-electron chi connectivity index (χ2n) is 5.52. The summed E-state index contributed by atoms with van der Waals surface area (Å²) < 4.78 is 5.87. The lowest BCUT2D eigenvalue weighted by molar-refractivity contribution is 0.460. The molecule has 0 bridgehead atoms. The molecular formula is C18H22N2O. The van der Waals surface area contributed by atoms with E-state index in [1.165, 1.54) is 42.4 Å². The van der Waals surface area contributed by atoms with Crippen LogP contribution in [-0.2, 0) is 19.4 Å². The normalized spacial score (nSPS) is 13.8. The summed E-state index contributed by atoms with van der Waals surface area (Å²) in [4.78, 5) is 4.38. The molecule has 21 heavy (non-hydrogen) atoms. The zero-order valence-electron chi connectivity index (χ0n) is 12.6. The molecule has 0 radical (unpaired) electrons. The van der Waals surface area contributed by atoms with Crippen molar-refractivity contribution < 1.29 is 4.74 Å². The average molecular weight is 282 g/mol. The fourth-order valence-corrected chi connectivity index (χ4v) is 2.74. The maximum absolute atomic E-state index is 5.87. The first-order valence-electron chi connectivity index (χ1n) is 7.80. The molecule has 2 aromatic rings. The van der Waals surface area contributed by atoms with Crippen LogP contribution in [0.15, 0.2) is 36.5 Å². The third-order valence-electron chi connectivity index (χ3n) is 3.92. The minimum Gasteiger partial charge on any atom is -0.439 e. The number of fused-ring (bicyclic) bond motifs is 1. The van der Waals surface area contributed by atoms with Crippen LogP contribution in [0, 0.1) is 0 Å². The van der Waals surface area contributed by atoms with Gasteiger partial charge >= 0.3 is 0 Å². The Balaban J connectivity index is 1.68. The zero-order chi connectivity index (χ0) is 14.5. The van der Waals surface area contributed by atoms with Gasteiger partial charge in [0.2, 0.25) is 5.88 Å². The molecule has 1 heterocycles. The van der Waals surface area contributed by atoms with Gasteiger partial charge in [0.25, 0.3) is 0 Å². The van der Waals surface area contributed by atoms with E-state index in [2.05, 4.69) is 41.5 Å². The monoisotopic (exact) mass is 282 g/mol. The first kappa shape index (κ1) is 14.1. The molecule has 1 aliphatic rings. The van der Waals surface area contributed by atoms with Crippen molar-refractivity contribution in [1.29, 1.82) is 0 Å². The quantitative estimate of drug-likeness (QED) is 0.904. The predicted octanol–water partition coefficient (Wildman–Crippen LogP) is 3.86. The Kier molecular flexibility index (Phi) is 4.51.